The quantitative estimate of drug-likeness (QED) is 0.725. The topological polar surface area (TPSA) is 30.7 Å². The van der Waals surface area contributed by atoms with E-state index in [4.69, 9.17) is 11.6 Å². The van der Waals surface area contributed by atoms with Crippen LogP contribution in [0.2, 0.25) is 0 Å². The molecular formula is C10H18ClN3. The van der Waals surface area contributed by atoms with Gasteiger partial charge in [0.2, 0.25) is 0 Å². The predicted molar refractivity (Wildman–Crippen MR) is 58.4 cm³/mol. The van der Waals surface area contributed by atoms with Crippen LogP contribution < -0.4 is 0 Å². The number of hydrogen-bond acceptors (Lipinski definition) is 2. The summed E-state index contributed by atoms with van der Waals surface area (Å²) in [5.74, 6) is 1.000. The SMILES string of the molecule is Cn1ncnc1CCC(Cl)C(C)(C)C. The third-order valence-corrected chi connectivity index (χ3v) is 3.24. The zero-order valence-electron chi connectivity index (χ0n) is 9.29. The Kier molecular flexibility index (Phi) is 3.53. The number of nitrogens with zero attached hydrogens (tertiary/aromatic N) is 3. The summed E-state index contributed by atoms with van der Waals surface area (Å²) < 4.78 is 1.80. The Morgan fingerprint density at radius 1 is 1.50 bits per heavy atom. The second kappa shape index (κ2) is 4.30. The van der Waals surface area contributed by atoms with Crippen LogP contribution in [0.5, 0.6) is 0 Å². The van der Waals surface area contributed by atoms with E-state index in [0.29, 0.717) is 0 Å². The first kappa shape index (κ1) is 11.5. The zero-order valence-corrected chi connectivity index (χ0v) is 10.0. The van der Waals surface area contributed by atoms with Gasteiger partial charge >= 0.3 is 0 Å². The number of rotatable bonds is 3. The maximum Gasteiger partial charge on any atom is 0.138 e. The lowest BCUT2D eigenvalue weighted by Gasteiger charge is -2.24. The second-order valence-corrected chi connectivity index (χ2v) is 5.20. The fourth-order valence-electron chi connectivity index (χ4n) is 1.24. The predicted octanol–water partition coefficient (Wildman–Crippen LogP) is 2.40. The largest absolute Gasteiger partial charge is 0.253 e. The number of alkyl halides is 1. The normalized spacial score (nSPS) is 14.4. The van der Waals surface area contributed by atoms with Crippen LogP contribution in [0.4, 0.5) is 0 Å². The maximum absolute atomic E-state index is 6.27. The van der Waals surface area contributed by atoms with Crippen LogP contribution in [0.1, 0.15) is 33.0 Å². The fourth-order valence-corrected chi connectivity index (χ4v) is 1.34. The van der Waals surface area contributed by atoms with Crippen molar-refractivity contribution in [2.45, 2.75) is 39.0 Å². The summed E-state index contributed by atoms with van der Waals surface area (Å²) in [6.45, 7) is 6.46. The minimum Gasteiger partial charge on any atom is -0.253 e. The standard InChI is InChI=1S/C10H18ClN3/c1-10(2,3)8(11)5-6-9-12-7-13-14(9)4/h7-8H,5-6H2,1-4H3. The summed E-state index contributed by atoms with van der Waals surface area (Å²) >= 11 is 6.27. The highest BCUT2D eigenvalue weighted by Gasteiger charge is 2.22. The Balaban J connectivity index is 2.46. The van der Waals surface area contributed by atoms with Gasteiger partial charge in [-0.15, -0.1) is 11.6 Å². The Morgan fingerprint density at radius 3 is 2.57 bits per heavy atom. The lowest BCUT2D eigenvalue weighted by molar-refractivity contribution is 0.371. The van der Waals surface area contributed by atoms with Crippen molar-refractivity contribution in [1.82, 2.24) is 14.8 Å². The van der Waals surface area contributed by atoms with E-state index in [1.165, 1.54) is 0 Å². The Labute approximate surface area is 90.5 Å². The van der Waals surface area contributed by atoms with E-state index in [9.17, 15) is 0 Å². The molecule has 0 saturated carbocycles. The van der Waals surface area contributed by atoms with E-state index in [1.807, 2.05) is 7.05 Å². The van der Waals surface area contributed by atoms with Crippen molar-refractivity contribution < 1.29 is 0 Å². The van der Waals surface area contributed by atoms with Crippen molar-refractivity contribution in [1.29, 1.82) is 0 Å². The molecule has 80 valence electrons. The van der Waals surface area contributed by atoms with Crippen LogP contribution in [0.15, 0.2) is 6.33 Å². The summed E-state index contributed by atoms with van der Waals surface area (Å²) in [6.07, 6.45) is 3.41. The van der Waals surface area contributed by atoms with Crippen LogP contribution in [-0.2, 0) is 13.5 Å². The highest BCUT2D eigenvalue weighted by molar-refractivity contribution is 6.21. The first-order valence-corrected chi connectivity index (χ1v) is 5.32. The summed E-state index contributed by atoms with van der Waals surface area (Å²) in [5.41, 5.74) is 0.153. The molecule has 3 nitrogen and oxygen atoms in total. The van der Waals surface area contributed by atoms with Gasteiger partial charge in [-0.2, -0.15) is 5.10 Å². The van der Waals surface area contributed by atoms with Gasteiger partial charge in [0.25, 0.3) is 0 Å². The number of aryl methyl sites for hydroxylation is 2. The van der Waals surface area contributed by atoms with Gasteiger partial charge in [0, 0.05) is 18.8 Å². The van der Waals surface area contributed by atoms with Crippen molar-refractivity contribution in [3.8, 4) is 0 Å². The van der Waals surface area contributed by atoms with Crippen LogP contribution >= 0.6 is 11.6 Å². The highest BCUT2D eigenvalue weighted by atomic mass is 35.5. The average molecular weight is 216 g/mol. The van der Waals surface area contributed by atoms with E-state index in [2.05, 4.69) is 30.9 Å². The van der Waals surface area contributed by atoms with Crippen molar-refractivity contribution in [2.24, 2.45) is 12.5 Å². The smallest absolute Gasteiger partial charge is 0.138 e. The van der Waals surface area contributed by atoms with Crippen LogP contribution in [-0.4, -0.2) is 20.1 Å². The van der Waals surface area contributed by atoms with Gasteiger partial charge in [-0.3, -0.25) is 4.68 Å². The number of halogens is 1. The Bertz CT molecular complexity index is 288. The van der Waals surface area contributed by atoms with E-state index >= 15 is 0 Å². The van der Waals surface area contributed by atoms with Crippen LogP contribution in [0, 0.1) is 5.41 Å². The third-order valence-electron chi connectivity index (χ3n) is 2.37. The summed E-state index contributed by atoms with van der Waals surface area (Å²) in [4.78, 5) is 4.16. The molecule has 1 aromatic rings. The first-order chi connectivity index (χ1) is 6.41. The molecule has 1 aromatic heterocycles. The highest BCUT2D eigenvalue weighted by Crippen LogP contribution is 2.27. The van der Waals surface area contributed by atoms with Crippen LogP contribution in [0.25, 0.3) is 0 Å². The molecule has 4 heteroatoms. The number of hydrogen-bond donors (Lipinski definition) is 0. The number of aromatic nitrogens is 3. The van der Waals surface area contributed by atoms with E-state index in [-0.39, 0.29) is 10.8 Å². The fraction of sp³-hybridized carbons (Fsp3) is 0.800. The molecule has 1 heterocycles. The molecule has 0 saturated heterocycles. The second-order valence-electron chi connectivity index (χ2n) is 4.67. The minimum absolute atomic E-state index is 0.153. The van der Waals surface area contributed by atoms with Crippen molar-refractivity contribution >= 4 is 11.6 Å². The van der Waals surface area contributed by atoms with Gasteiger partial charge in [-0.1, -0.05) is 20.8 Å². The van der Waals surface area contributed by atoms with Gasteiger partial charge in [-0.05, 0) is 11.8 Å². The molecule has 0 bridgehead atoms. The average Bonchev–Trinajstić information content (AvgIpc) is 2.45. The zero-order chi connectivity index (χ0) is 10.8. The summed E-state index contributed by atoms with van der Waals surface area (Å²) in [6, 6.07) is 0. The lowest BCUT2D eigenvalue weighted by Crippen LogP contribution is -2.21. The first-order valence-electron chi connectivity index (χ1n) is 4.88. The summed E-state index contributed by atoms with van der Waals surface area (Å²) in [7, 11) is 1.91. The molecule has 14 heavy (non-hydrogen) atoms. The monoisotopic (exact) mass is 215 g/mol. The molecule has 0 fully saturated rings. The molecule has 0 radical (unpaired) electrons. The molecule has 1 rings (SSSR count). The van der Waals surface area contributed by atoms with Gasteiger partial charge in [-0.25, -0.2) is 4.98 Å². The molecule has 0 aliphatic carbocycles. The van der Waals surface area contributed by atoms with E-state index in [1.54, 1.807) is 11.0 Å². The molecule has 0 aliphatic rings. The van der Waals surface area contributed by atoms with Crippen molar-refractivity contribution in [3.63, 3.8) is 0 Å². The molecule has 1 atom stereocenters. The molecule has 0 aliphatic heterocycles. The van der Waals surface area contributed by atoms with Gasteiger partial charge < -0.3 is 0 Å². The van der Waals surface area contributed by atoms with Gasteiger partial charge in [0.1, 0.15) is 12.2 Å². The Hall–Kier alpha value is -0.570. The molecule has 0 aromatic carbocycles. The molecule has 0 amide bonds. The van der Waals surface area contributed by atoms with E-state index in [0.717, 1.165) is 18.7 Å². The summed E-state index contributed by atoms with van der Waals surface area (Å²) in [5, 5.41) is 4.20. The lowest BCUT2D eigenvalue weighted by atomic mass is 9.89. The van der Waals surface area contributed by atoms with Gasteiger partial charge in [0.15, 0.2) is 0 Å². The molecular weight excluding hydrogens is 198 g/mol. The Morgan fingerprint density at radius 2 is 2.14 bits per heavy atom. The molecule has 1 unspecified atom stereocenters. The maximum atomic E-state index is 6.27. The molecule has 0 spiro atoms. The van der Waals surface area contributed by atoms with Gasteiger partial charge in [0.05, 0.1) is 0 Å². The van der Waals surface area contributed by atoms with Crippen molar-refractivity contribution in [3.05, 3.63) is 12.2 Å². The van der Waals surface area contributed by atoms with Crippen molar-refractivity contribution in [2.75, 3.05) is 0 Å². The minimum atomic E-state index is 0.153. The van der Waals surface area contributed by atoms with E-state index < -0.39 is 0 Å². The molecule has 0 N–H and O–H groups in total. The third kappa shape index (κ3) is 2.98. The van der Waals surface area contributed by atoms with Crippen LogP contribution in [0.3, 0.4) is 0 Å².